The molecule has 0 radical (unpaired) electrons. The van der Waals surface area contributed by atoms with E-state index < -0.39 is 0 Å². The molecule has 0 atom stereocenters. The van der Waals surface area contributed by atoms with Crippen molar-refractivity contribution in [2.45, 2.75) is 13.5 Å². The molecule has 0 aliphatic rings. The number of rotatable bonds is 5. The Labute approximate surface area is 168 Å². The average Bonchev–Trinajstić information content (AvgIpc) is 3.14. The summed E-state index contributed by atoms with van der Waals surface area (Å²) in [6.45, 7) is 2.37. The summed E-state index contributed by atoms with van der Waals surface area (Å²) in [5.74, 6) is -0.546. The van der Waals surface area contributed by atoms with Gasteiger partial charge >= 0.3 is 0 Å². The molecule has 6 heteroatoms. The predicted octanol–water partition coefficient (Wildman–Crippen LogP) is 3.83. The molecule has 0 spiro atoms. The van der Waals surface area contributed by atoms with Crippen molar-refractivity contribution in [1.29, 1.82) is 0 Å². The number of nitrogens with one attached hydrogen (secondary N) is 2. The standard InChI is InChI=1S/C23H20N4O2/c1-16-10-12-18(13-11-16)25-23(29)21-26-20(19-9-5-6-14-27(19)21)22(28)24-15-17-7-3-2-4-8-17/h2-14H,15H2,1H3,(H,24,28)(H,25,29). The lowest BCUT2D eigenvalue weighted by molar-refractivity contribution is 0.0948. The molecular weight excluding hydrogens is 364 g/mol. The van der Waals surface area contributed by atoms with Crippen LogP contribution >= 0.6 is 0 Å². The summed E-state index contributed by atoms with van der Waals surface area (Å²) in [6.07, 6.45) is 1.72. The topological polar surface area (TPSA) is 75.5 Å². The van der Waals surface area contributed by atoms with Crippen LogP contribution in [-0.2, 0) is 6.54 Å². The van der Waals surface area contributed by atoms with Crippen LogP contribution in [0.5, 0.6) is 0 Å². The third-order valence-corrected chi connectivity index (χ3v) is 4.57. The van der Waals surface area contributed by atoms with Gasteiger partial charge in [0, 0.05) is 18.4 Å². The summed E-state index contributed by atoms with van der Waals surface area (Å²) in [5, 5.41) is 5.70. The van der Waals surface area contributed by atoms with Crippen LogP contribution in [0, 0.1) is 6.92 Å². The Hall–Kier alpha value is -3.93. The first-order valence-corrected chi connectivity index (χ1v) is 9.29. The number of aryl methyl sites for hydroxylation is 1. The van der Waals surface area contributed by atoms with E-state index in [1.165, 1.54) is 0 Å². The zero-order chi connectivity index (χ0) is 20.2. The number of aromatic nitrogens is 2. The maximum Gasteiger partial charge on any atom is 0.292 e. The van der Waals surface area contributed by atoms with Crippen LogP contribution in [0.3, 0.4) is 0 Å². The van der Waals surface area contributed by atoms with Crippen molar-refractivity contribution in [1.82, 2.24) is 14.7 Å². The third kappa shape index (κ3) is 4.01. The van der Waals surface area contributed by atoms with E-state index in [1.807, 2.05) is 67.6 Å². The Bertz CT molecular complexity index is 1160. The zero-order valence-corrected chi connectivity index (χ0v) is 15.9. The van der Waals surface area contributed by atoms with Gasteiger partial charge in [-0.25, -0.2) is 4.98 Å². The quantitative estimate of drug-likeness (QED) is 0.549. The predicted molar refractivity (Wildman–Crippen MR) is 112 cm³/mol. The first-order valence-electron chi connectivity index (χ1n) is 9.29. The maximum absolute atomic E-state index is 12.8. The molecule has 2 aromatic carbocycles. The van der Waals surface area contributed by atoms with E-state index >= 15 is 0 Å². The van der Waals surface area contributed by atoms with Gasteiger partial charge in [0.2, 0.25) is 5.82 Å². The number of carbonyl (C=O) groups is 2. The van der Waals surface area contributed by atoms with Gasteiger partial charge < -0.3 is 10.6 Å². The number of hydrogen-bond donors (Lipinski definition) is 2. The second-order valence-electron chi connectivity index (χ2n) is 6.73. The van der Waals surface area contributed by atoms with Crippen molar-refractivity contribution in [3.05, 3.63) is 102 Å². The highest BCUT2D eigenvalue weighted by atomic mass is 16.2. The number of benzene rings is 2. The molecule has 29 heavy (non-hydrogen) atoms. The van der Waals surface area contributed by atoms with Gasteiger partial charge in [0.25, 0.3) is 11.8 Å². The van der Waals surface area contributed by atoms with Crippen molar-refractivity contribution < 1.29 is 9.59 Å². The number of pyridine rings is 1. The number of carbonyl (C=O) groups excluding carboxylic acids is 2. The Morgan fingerprint density at radius 1 is 0.897 bits per heavy atom. The Balaban J connectivity index is 1.60. The van der Waals surface area contributed by atoms with Crippen LogP contribution in [0.4, 0.5) is 5.69 Å². The molecule has 0 aliphatic carbocycles. The van der Waals surface area contributed by atoms with Crippen molar-refractivity contribution in [3.8, 4) is 0 Å². The number of imidazole rings is 1. The Morgan fingerprint density at radius 3 is 2.38 bits per heavy atom. The molecule has 0 saturated heterocycles. The lowest BCUT2D eigenvalue weighted by atomic mass is 10.2. The fourth-order valence-electron chi connectivity index (χ4n) is 3.05. The van der Waals surface area contributed by atoms with Crippen LogP contribution in [0.1, 0.15) is 32.2 Å². The molecule has 144 valence electrons. The zero-order valence-electron chi connectivity index (χ0n) is 15.9. The van der Waals surface area contributed by atoms with Crippen molar-refractivity contribution in [2.75, 3.05) is 5.32 Å². The minimum absolute atomic E-state index is 0.158. The van der Waals surface area contributed by atoms with Crippen LogP contribution in [0.15, 0.2) is 79.0 Å². The lowest BCUT2D eigenvalue weighted by Gasteiger charge is -2.04. The summed E-state index contributed by atoms with van der Waals surface area (Å²) < 4.78 is 1.63. The molecule has 2 N–H and O–H groups in total. The lowest BCUT2D eigenvalue weighted by Crippen LogP contribution is -2.23. The van der Waals surface area contributed by atoms with Crippen LogP contribution < -0.4 is 10.6 Å². The number of fused-ring (bicyclic) bond motifs is 1. The molecular formula is C23H20N4O2. The number of amides is 2. The largest absolute Gasteiger partial charge is 0.347 e. The minimum Gasteiger partial charge on any atom is -0.347 e. The number of anilines is 1. The van der Waals surface area contributed by atoms with Crippen molar-refractivity contribution >= 4 is 23.0 Å². The van der Waals surface area contributed by atoms with Gasteiger partial charge in [-0.2, -0.15) is 0 Å². The van der Waals surface area contributed by atoms with E-state index in [0.29, 0.717) is 17.7 Å². The van der Waals surface area contributed by atoms with E-state index in [0.717, 1.165) is 11.1 Å². The van der Waals surface area contributed by atoms with Gasteiger partial charge in [0.05, 0.1) is 5.52 Å². The first-order chi connectivity index (χ1) is 14.1. The summed E-state index contributed by atoms with van der Waals surface area (Å²) in [7, 11) is 0. The van der Waals surface area contributed by atoms with Gasteiger partial charge in [0.15, 0.2) is 5.69 Å². The molecule has 4 rings (SSSR count). The highest BCUT2D eigenvalue weighted by Crippen LogP contribution is 2.16. The molecule has 6 nitrogen and oxygen atoms in total. The summed E-state index contributed by atoms with van der Waals surface area (Å²) in [6, 6.07) is 22.5. The fraction of sp³-hybridized carbons (Fsp3) is 0.0870. The monoisotopic (exact) mass is 384 g/mol. The SMILES string of the molecule is Cc1ccc(NC(=O)c2nc(C(=O)NCc3ccccc3)c3ccccn23)cc1. The van der Waals surface area contributed by atoms with Crippen LogP contribution in [0.25, 0.3) is 5.52 Å². The minimum atomic E-state index is -0.378. The molecule has 0 fully saturated rings. The van der Waals surface area contributed by atoms with E-state index in [-0.39, 0.29) is 23.3 Å². The smallest absolute Gasteiger partial charge is 0.292 e. The van der Waals surface area contributed by atoms with E-state index in [1.54, 1.807) is 22.7 Å². The van der Waals surface area contributed by atoms with Gasteiger partial charge in [-0.15, -0.1) is 0 Å². The molecule has 2 amide bonds. The second kappa shape index (κ2) is 7.98. The first kappa shape index (κ1) is 18.4. The summed E-state index contributed by atoms with van der Waals surface area (Å²) >= 11 is 0. The van der Waals surface area contributed by atoms with E-state index in [9.17, 15) is 9.59 Å². The molecule has 2 aromatic heterocycles. The Kier molecular flexibility index (Phi) is 5.07. The molecule has 0 aliphatic heterocycles. The van der Waals surface area contributed by atoms with Gasteiger partial charge in [-0.1, -0.05) is 54.1 Å². The third-order valence-electron chi connectivity index (χ3n) is 4.57. The number of hydrogen-bond acceptors (Lipinski definition) is 3. The second-order valence-corrected chi connectivity index (χ2v) is 6.73. The van der Waals surface area contributed by atoms with Gasteiger partial charge in [-0.05, 0) is 36.8 Å². The molecule has 4 aromatic rings. The van der Waals surface area contributed by atoms with Crippen LogP contribution in [-0.4, -0.2) is 21.2 Å². The van der Waals surface area contributed by atoms with Crippen LogP contribution in [0.2, 0.25) is 0 Å². The summed E-state index contributed by atoms with van der Waals surface area (Å²) in [5.41, 5.74) is 3.56. The normalized spacial score (nSPS) is 10.7. The fourth-order valence-corrected chi connectivity index (χ4v) is 3.05. The van der Waals surface area contributed by atoms with Gasteiger partial charge in [0.1, 0.15) is 0 Å². The van der Waals surface area contributed by atoms with E-state index in [4.69, 9.17) is 0 Å². The Morgan fingerprint density at radius 2 is 1.62 bits per heavy atom. The van der Waals surface area contributed by atoms with Crippen molar-refractivity contribution in [3.63, 3.8) is 0 Å². The molecule has 0 saturated carbocycles. The number of nitrogens with zero attached hydrogens (tertiary/aromatic N) is 2. The highest BCUT2D eigenvalue weighted by Gasteiger charge is 2.21. The molecule has 0 unspecified atom stereocenters. The highest BCUT2D eigenvalue weighted by molar-refractivity contribution is 6.06. The maximum atomic E-state index is 12.8. The average molecular weight is 384 g/mol. The summed E-state index contributed by atoms with van der Waals surface area (Å²) in [4.78, 5) is 29.9. The van der Waals surface area contributed by atoms with Crippen molar-refractivity contribution in [2.24, 2.45) is 0 Å². The van der Waals surface area contributed by atoms with E-state index in [2.05, 4.69) is 15.6 Å². The molecule has 2 heterocycles. The van der Waals surface area contributed by atoms with Gasteiger partial charge in [-0.3, -0.25) is 14.0 Å². The molecule has 0 bridgehead atoms.